The monoisotopic (exact) mass is 280 g/mol. The third-order valence-corrected chi connectivity index (χ3v) is 4.17. The van der Waals surface area contributed by atoms with Gasteiger partial charge in [0.2, 0.25) is 0 Å². The summed E-state index contributed by atoms with van der Waals surface area (Å²) < 4.78 is 26.8. The molecule has 0 unspecified atom stereocenters. The Kier molecular flexibility index (Phi) is 3.64. The van der Waals surface area contributed by atoms with Gasteiger partial charge in [0, 0.05) is 11.9 Å². The van der Waals surface area contributed by atoms with Gasteiger partial charge in [-0.05, 0) is 31.5 Å². The lowest BCUT2D eigenvalue weighted by Gasteiger charge is -2.09. The Bertz CT molecular complexity index is 690. The molecular weight excluding hydrogens is 264 g/mol. The van der Waals surface area contributed by atoms with Gasteiger partial charge in [0.05, 0.1) is 12.3 Å². The summed E-state index contributed by atoms with van der Waals surface area (Å²) in [4.78, 5) is 2.81. The summed E-state index contributed by atoms with van der Waals surface area (Å²) in [5.41, 5.74) is 2.95. The van der Waals surface area contributed by atoms with Crippen molar-refractivity contribution in [3.63, 3.8) is 0 Å². The fraction of sp³-hybridized carbons (Fsp3) is 0.231. The van der Waals surface area contributed by atoms with E-state index in [9.17, 15) is 8.42 Å². The summed E-state index contributed by atoms with van der Waals surface area (Å²) in [6, 6.07) is 6.91. The molecular formula is C13H16N2O3S. The summed E-state index contributed by atoms with van der Waals surface area (Å²) in [6.07, 6.45) is 1.36. The van der Waals surface area contributed by atoms with Crippen molar-refractivity contribution in [1.29, 1.82) is 0 Å². The minimum atomic E-state index is -3.63. The first-order chi connectivity index (χ1) is 8.92. The predicted octanol–water partition coefficient (Wildman–Crippen LogP) is 1.92. The number of sulfonamides is 1. The van der Waals surface area contributed by atoms with E-state index in [4.69, 9.17) is 5.11 Å². The topological polar surface area (TPSA) is 82.2 Å². The maximum atomic E-state index is 12.2. The Hall–Kier alpha value is -1.79. The minimum Gasteiger partial charge on any atom is -0.390 e. The lowest BCUT2D eigenvalue weighted by molar-refractivity contribution is 0.277. The number of rotatable bonds is 4. The van der Waals surface area contributed by atoms with Crippen molar-refractivity contribution < 1.29 is 13.5 Å². The number of benzene rings is 1. The molecule has 2 rings (SSSR count). The van der Waals surface area contributed by atoms with Crippen molar-refractivity contribution >= 4 is 15.7 Å². The fourth-order valence-corrected chi connectivity index (χ4v) is 2.94. The molecule has 0 aliphatic heterocycles. The normalized spacial score (nSPS) is 11.5. The quantitative estimate of drug-likeness (QED) is 0.800. The summed E-state index contributed by atoms with van der Waals surface area (Å²) in [7, 11) is -3.63. The number of aliphatic hydroxyl groups excluding tert-OH is 1. The zero-order chi connectivity index (χ0) is 14.0. The molecule has 1 aromatic carbocycles. The lowest BCUT2D eigenvalue weighted by atomic mass is 10.1. The second-order valence-electron chi connectivity index (χ2n) is 4.44. The van der Waals surface area contributed by atoms with Crippen molar-refractivity contribution in [2.24, 2.45) is 0 Å². The van der Waals surface area contributed by atoms with Gasteiger partial charge >= 0.3 is 0 Å². The first-order valence-electron chi connectivity index (χ1n) is 5.80. The zero-order valence-electron chi connectivity index (χ0n) is 10.8. The van der Waals surface area contributed by atoms with Crippen LogP contribution in [0.2, 0.25) is 0 Å². The van der Waals surface area contributed by atoms with Crippen LogP contribution in [0.1, 0.15) is 16.8 Å². The van der Waals surface area contributed by atoms with Gasteiger partial charge < -0.3 is 10.1 Å². The van der Waals surface area contributed by atoms with E-state index < -0.39 is 10.0 Å². The number of aromatic amines is 1. The molecule has 0 fully saturated rings. The van der Waals surface area contributed by atoms with Gasteiger partial charge in [0.1, 0.15) is 4.90 Å². The Morgan fingerprint density at radius 1 is 1.26 bits per heavy atom. The summed E-state index contributed by atoms with van der Waals surface area (Å²) in [5, 5.41) is 8.93. The van der Waals surface area contributed by atoms with Crippen molar-refractivity contribution in [3.8, 4) is 0 Å². The van der Waals surface area contributed by atoms with Crippen LogP contribution in [0.15, 0.2) is 35.4 Å². The third-order valence-electron chi connectivity index (χ3n) is 2.82. The number of hydrogen-bond donors (Lipinski definition) is 3. The number of hydrogen-bond acceptors (Lipinski definition) is 3. The zero-order valence-corrected chi connectivity index (χ0v) is 11.6. The van der Waals surface area contributed by atoms with Gasteiger partial charge in [-0.15, -0.1) is 0 Å². The summed E-state index contributed by atoms with van der Waals surface area (Å²) >= 11 is 0. The van der Waals surface area contributed by atoms with E-state index in [0.29, 0.717) is 11.4 Å². The lowest BCUT2D eigenvalue weighted by Crippen LogP contribution is -2.13. The number of nitrogens with one attached hydrogen (secondary N) is 2. The molecule has 0 atom stereocenters. The molecule has 1 heterocycles. The van der Waals surface area contributed by atoms with Crippen LogP contribution in [0.5, 0.6) is 0 Å². The molecule has 0 bridgehead atoms. The molecule has 0 spiro atoms. The molecule has 0 saturated heterocycles. The fourth-order valence-electron chi connectivity index (χ4n) is 1.80. The summed E-state index contributed by atoms with van der Waals surface area (Å²) in [5.74, 6) is 0. The van der Waals surface area contributed by atoms with Gasteiger partial charge in [-0.3, -0.25) is 4.72 Å². The van der Waals surface area contributed by atoms with Crippen molar-refractivity contribution in [1.82, 2.24) is 4.98 Å². The van der Waals surface area contributed by atoms with Gasteiger partial charge in [-0.1, -0.05) is 17.7 Å². The highest BCUT2D eigenvalue weighted by Crippen LogP contribution is 2.21. The largest absolute Gasteiger partial charge is 0.390 e. The SMILES string of the molecule is Cc1ccc(NS(=O)(=O)c2c[nH]c(CO)c2)c(C)c1. The van der Waals surface area contributed by atoms with Crippen LogP contribution in [0, 0.1) is 13.8 Å². The Labute approximate surface area is 112 Å². The first kappa shape index (κ1) is 13.6. The number of anilines is 1. The molecule has 1 aromatic heterocycles. The molecule has 0 amide bonds. The number of H-pyrrole nitrogens is 1. The van der Waals surface area contributed by atoms with E-state index in [1.54, 1.807) is 6.07 Å². The smallest absolute Gasteiger partial charge is 0.263 e. The standard InChI is InChI=1S/C13H16N2O3S/c1-9-3-4-13(10(2)5-9)15-19(17,18)12-6-11(8-16)14-7-12/h3-7,14-16H,8H2,1-2H3. The van der Waals surface area contributed by atoms with Crippen molar-refractivity contribution in [3.05, 3.63) is 47.3 Å². The van der Waals surface area contributed by atoms with Crippen LogP contribution < -0.4 is 4.72 Å². The highest BCUT2D eigenvalue weighted by molar-refractivity contribution is 7.92. The third kappa shape index (κ3) is 2.97. The van der Waals surface area contributed by atoms with Crippen LogP contribution in [-0.2, 0) is 16.6 Å². The van der Waals surface area contributed by atoms with Crippen LogP contribution in [0.3, 0.4) is 0 Å². The number of aliphatic hydroxyl groups is 1. The van der Waals surface area contributed by atoms with Gasteiger partial charge in [0.15, 0.2) is 0 Å². The van der Waals surface area contributed by atoms with Gasteiger partial charge in [-0.25, -0.2) is 8.42 Å². The predicted molar refractivity (Wildman–Crippen MR) is 73.4 cm³/mol. The van der Waals surface area contributed by atoms with Crippen LogP contribution in [0.25, 0.3) is 0 Å². The molecule has 5 nitrogen and oxygen atoms in total. The van der Waals surface area contributed by atoms with Crippen LogP contribution >= 0.6 is 0 Å². The highest BCUT2D eigenvalue weighted by Gasteiger charge is 2.16. The van der Waals surface area contributed by atoms with Crippen molar-refractivity contribution in [2.75, 3.05) is 4.72 Å². The van der Waals surface area contributed by atoms with E-state index in [-0.39, 0.29) is 11.5 Å². The molecule has 2 aromatic rings. The molecule has 0 aliphatic rings. The Morgan fingerprint density at radius 2 is 2.00 bits per heavy atom. The summed E-state index contributed by atoms with van der Waals surface area (Å²) in [6.45, 7) is 3.57. The molecule has 0 saturated carbocycles. The average Bonchev–Trinajstić information content (AvgIpc) is 2.82. The molecule has 6 heteroatoms. The molecule has 0 radical (unpaired) electrons. The number of aromatic nitrogens is 1. The Balaban J connectivity index is 2.30. The second-order valence-corrected chi connectivity index (χ2v) is 6.13. The maximum Gasteiger partial charge on any atom is 0.263 e. The van der Waals surface area contributed by atoms with Crippen LogP contribution in [0.4, 0.5) is 5.69 Å². The van der Waals surface area contributed by atoms with Gasteiger partial charge in [-0.2, -0.15) is 0 Å². The first-order valence-corrected chi connectivity index (χ1v) is 7.29. The van der Waals surface area contributed by atoms with Gasteiger partial charge in [0.25, 0.3) is 10.0 Å². The highest BCUT2D eigenvalue weighted by atomic mass is 32.2. The molecule has 102 valence electrons. The second kappa shape index (κ2) is 5.07. The minimum absolute atomic E-state index is 0.108. The average molecular weight is 280 g/mol. The molecule has 3 N–H and O–H groups in total. The maximum absolute atomic E-state index is 12.2. The van der Waals surface area contributed by atoms with Crippen LogP contribution in [-0.4, -0.2) is 18.5 Å². The molecule has 0 aliphatic carbocycles. The van der Waals surface area contributed by atoms with E-state index in [2.05, 4.69) is 9.71 Å². The van der Waals surface area contributed by atoms with Crippen molar-refractivity contribution in [2.45, 2.75) is 25.3 Å². The number of aryl methyl sites for hydroxylation is 2. The Morgan fingerprint density at radius 3 is 2.58 bits per heavy atom. The van der Waals surface area contributed by atoms with E-state index in [0.717, 1.165) is 11.1 Å². The van der Waals surface area contributed by atoms with E-state index >= 15 is 0 Å². The molecule has 19 heavy (non-hydrogen) atoms. The van der Waals surface area contributed by atoms with E-state index in [1.165, 1.54) is 12.3 Å². The van der Waals surface area contributed by atoms with E-state index in [1.807, 2.05) is 26.0 Å².